The third kappa shape index (κ3) is 5.62. The summed E-state index contributed by atoms with van der Waals surface area (Å²) in [4.78, 5) is 15.2. The van der Waals surface area contributed by atoms with Gasteiger partial charge < -0.3 is 0 Å². The molecule has 0 fully saturated rings. The summed E-state index contributed by atoms with van der Waals surface area (Å²) in [5, 5.41) is 9.75. The fourth-order valence-electron chi connectivity index (χ4n) is 9.90. The van der Waals surface area contributed by atoms with Crippen molar-refractivity contribution in [3.8, 4) is 67.3 Å². The van der Waals surface area contributed by atoms with Crippen molar-refractivity contribution in [3.63, 3.8) is 0 Å². The molecule has 1 aliphatic rings. The van der Waals surface area contributed by atoms with Crippen molar-refractivity contribution in [2.24, 2.45) is 0 Å². The van der Waals surface area contributed by atoms with E-state index in [-0.39, 0.29) is 5.41 Å². The van der Waals surface area contributed by atoms with Crippen molar-refractivity contribution in [1.29, 1.82) is 0 Å². The molecule has 0 saturated carbocycles. The van der Waals surface area contributed by atoms with Gasteiger partial charge in [0.15, 0.2) is 5.82 Å². The van der Waals surface area contributed by atoms with Crippen LogP contribution in [-0.4, -0.2) is 15.0 Å². The molecular weight excluding hydrogens is 739 g/mol. The molecule has 0 spiro atoms. The van der Waals surface area contributed by atoms with Crippen LogP contribution in [0.25, 0.3) is 110 Å². The van der Waals surface area contributed by atoms with Gasteiger partial charge in [0.2, 0.25) is 0 Å². The standard InChI is InChI=1S/C58H39N3/c1-58(2)52-20-10-9-17-46(52)47-30-29-40(32-53(47)58)36-21-25-38(26-22-36)54-34-55(39-27-23-37(24-28-39)41-12-11-31-59-35-41)61-57(60-54)51-33-50-44-15-4-3-13-42(44)43-14-5-7-18-48(43)56(50)49-19-8-6-16-45(49)51/h3-35H,1-2H3. The fraction of sp³-hybridized carbons (Fsp3) is 0.0517. The molecule has 9 aromatic carbocycles. The Morgan fingerprint density at radius 1 is 0.344 bits per heavy atom. The molecule has 2 aromatic heterocycles. The van der Waals surface area contributed by atoms with E-state index in [1.54, 1.807) is 0 Å². The summed E-state index contributed by atoms with van der Waals surface area (Å²) in [6.45, 7) is 4.68. The zero-order valence-electron chi connectivity index (χ0n) is 33.9. The molecule has 1 aliphatic carbocycles. The highest BCUT2D eigenvalue weighted by Crippen LogP contribution is 2.50. The maximum absolute atomic E-state index is 5.44. The van der Waals surface area contributed by atoms with E-state index in [2.05, 4.69) is 201 Å². The third-order valence-electron chi connectivity index (χ3n) is 13.0. The summed E-state index contributed by atoms with van der Waals surface area (Å²) < 4.78 is 0. The molecule has 0 radical (unpaired) electrons. The SMILES string of the molecule is CC1(C)c2ccccc2-c2ccc(-c3ccc(-c4cc(-c5ccc(-c6cccnc6)cc5)nc(-c5cc6c7ccccc7c7ccccc7c6c6ccccc56)n4)cc3)cc21. The van der Waals surface area contributed by atoms with Crippen molar-refractivity contribution in [2.75, 3.05) is 0 Å². The Balaban J connectivity index is 1.03. The quantitative estimate of drug-likeness (QED) is 0.163. The van der Waals surface area contributed by atoms with E-state index in [1.807, 2.05) is 18.5 Å². The Kier molecular flexibility index (Phi) is 7.88. The van der Waals surface area contributed by atoms with Crippen molar-refractivity contribution >= 4 is 43.1 Å². The van der Waals surface area contributed by atoms with E-state index in [9.17, 15) is 0 Å². The molecule has 11 aromatic rings. The molecule has 12 rings (SSSR count). The monoisotopic (exact) mass is 777 g/mol. The van der Waals surface area contributed by atoms with Crippen LogP contribution in [0.5, 0.6) is 0 Å². The average Bonchev–Trinajstić information content (AvgIpc) is 3.56. The van der Waals surface area contributed by atoms with Crippen LogP contribution in [0.1, 0.15) is 25.0 Å². The smallest absolute Gasteiger partial charge is 0.161 e. The van der Waals surface area contributed by atoms with Gasteiger partial charge in [-0.05, 0) is 112 Å². The number of pyridine rings is 1. The van der Waals surface area contributed by atoms with E-state index in [4.69, 9.17) is 9.97 Å². The van der Waals surface area contributed by atoms with E-state index in [0.717, 1.165) is 44.6 Å². The highest BCUT2D eigenvalue weighted by molar-refractivity contribution is 6.32. The van der Waals surface area contributed by atoms with Gasteiger partial charge in [-0.3, -0.25) is 4.98 Å². The molecule has 61 heavy (non-hydrogen) atoms. The van der Waals surface area contributed by atoms with Crippen molar-refractivity contribution in [2.45, 2.75) is 19.3 Å². The first-order valence-electron chi connectivity index (χ1n) is 21.0. The van der Waals surface area contributed by atoms with Crippen LogP contribution in [0.4, 0.5) is 0 Å². The van der Waals surface area contributed by atoms with Crippen molar-refractivity contribution in [3.05, 3.63) is 212 Å². The van der Waals surface area contributed by atoms with Gasteiger partial charge >= 0.3 is 0 Å². The van der Waals surface area contributed by atoms with Crippen molar-refractivity contribution in [1.82, 2.24) is 15.0 Å². The maximum atomic E-state index is 5.44. The molecule has 3 heteroatoms. The molecule has 0 bridgehead atoms. The lowest BCUT2D eigenvalue weighted by molar-refractivity contribution is 0.660. The van der Waals surface area contributed by atoms with Crippen LogP contribution in [0.15, 0.2) is 200 Å². The van der Waals surface area contributed by atoms with Crippen LogP contribution in [-0.2, 0) is 5.41 Å². The number of rotatable bonds is 5. The molecule has 0 saturated heterocycles. The van der Waals surface area contributed by atoms with Gasteiger partial charge in [-0.2, -0.15) is 0 Å². The highest BCUT2D eigenvalue weighted by Gasteiger charge is 2.35. The molecule has 2 heterocycles. The number of fused-ring (bicyclic) bond motifs is 11. The molecule has 0 atom stereocenters. The van der Waals surface area contributed by atoms with E-state index < -0.39 is 0 Å². The topological polar surface area (TPSA) is 38.7 Å². The first kappa shape index (κ1) is 35.2. The molecule has 286 valence electrons. The van der Waals surface area contributed by atoms with Gasteiger partial charge in [-0.15, -0.1) is 0 Å². The van der Waals surface area contributed by atoms with Crippen LogP contribution in [0, 0.1) is 0 Å². The zero-order valence-corrected chi connectivity index (χ0v) is 33.9. The summed E-state index contributed by atoms with van der Waals surface area (Å²) in [6.07, 6.45) is 3.71. The maximum Gasteiger partial charge on any atom is 0.161 e. The van der Waals surface area contributed by atoms with Crippen LogP contribution in [0.2, 0.25) is 0 Å². The minimum Gasteiger partial charge on any atom is -0.264 e. The number of hydrogen-bond donors (Lipinski definition) is 0. The van der Waals surface area contributed by atoms with Gasteiger partial charge in [0.1, 0.15) is 0 Å². The summed E-state index contributed by atoms with van der Waals surface area (Å²) in [5.41, 5.74) is 14.8. The number of hydrogen-bond acceptors (Lipinski definition) is 3. The van der Waals surface area contributed by atoms with Crippen molar-refractivity contribution < 1.29 is 0 Å². The minimum absolute atomic E-state index is 0.0574. The van der Waals surface area contributed by atoms with Gasteiger partial charge in [-0.25, -0.2) is 9.97 Å². The molecule has 0 N–H and O–H groups in total. The Morgan fingerprint density at radius 2 is 0.852 bits per heavy atom. The normalized spacial score (nSPS) is 12.9. The van der Waals surface area contributed by atoms with Crippen LogP contribution >= 0.6 is 0 Å². The molecule has 0 unspecified atom stereocenters. The first-order valence-corrected chi connectivity index (χ1v) is 21.0. The zero-order chi connectivity index (χ0) is 40.7. The average molecular weight is 778 g/mol. The molecule has 3 nitrogen and oxygen atoms in total. The number of aromatic nitrogens is 3. The molecule has 0 aliphatic heterocycles. The Labute approximate surface area is 354 Å². The predicted molar refractivity (Wildman–Crippen MR) is 255 cm³/mol. The minimum atomic E-state index is -0.0574. The van der Waals surface area contributed by atoms with Gasteiger partial charge in [-0.1, -0.05) is 178 Å². The lowest BCUT2D eigenvalue weighted by Crippen LogP contribution is -2.14. The van der Waals surface area contributed by atoms with Gasteiger partial charge in [0.05, 0.1) is 11.4 Å². The summed E-state index contributed by atoms with van der Waals surface area (Å²) >= 11 is 0. The number of nitrogens with zero attached hydrogens (tertiary/aromatic N) is 3. The fourth-order valence-corrected chi connectivity index (χ4v) is 9.90. The first-order chi connectivity index (χ1) is 30.0. The Hall–Kier alpha value is -7.75. The second-order valence-corrected chi connectivity index (χ2v) is 16.8. The summed E-state index contributed by atoms with van der Waals surface area (Å²) in [6, 6.07) is 68.1. The van der Waals surface area contributed by atoms with Gasteiger partial charge in [0, 0.05) is 34.5 Å². The molecular formula is C58H39N3. The van der Waals surface area contributed by atoms with Crippen LogP contribution < -0.4 is 0 Å². The largest absolute Gasteiger partial charge is 0.264 e. The Bertz CT molecular complexity index is 3530. The predicted octanol–water partition coefficient (Wildman–Crippen LogP) is 15.1. The number of benzene rings is 9. The van der Waals surface area contributed by atoms with Gasteiger partial charge in [0.25, 0.3) is 0 Å². The highest BCUT2D eigenvalue weighted by atomic mass is 14.9. The third-order valence-corrected chi connectivity index (χ3v) is 13.0. The summed E-state index contributed by atoms with van der Waals surface area (Å²) in [7, 11) is 0. The Morgan fingerprint density at radius 3 is 1.51 bits per heavy atom. The second-order valence-electron chi connectivity index (χ2n) is 16.8. The summed E-state index contributed by atoms with van der Waals surface area (Å²) in [5.74, 6) is 0.698. The lowest BCUT2D eigenvalue weighted by atomic mass is 9.81. The second kappa shape index (κ2) is 13.7. The lowest BCUT2D eigenvalue weighted by Gasteiger charge is -2.22. The van der Waals surface area contributed by atoms with E-state index in [1.165, 1.54) is 71.1 Å². The van der Waals surface area contributed by atoms with E-state index in [0.29, 0.717) is 5.82 Å². The van der Waals surface area contributed by atoms with E-state index >= 15 is 0 Å². The van der Waals surface area contributed by atoms with Crippen LogP contribution in [0.3, 0.4) is 0 Å². The molecule has 0 amide bonds.